The molecule has 1 aromatic rings. The van der Waals surface area contributed by atoms with Crippen molar-refractivity contribution >= 4 is 11.3 Å². The van der Waals surface area contributed by atoms with E-state index < -0.39 is 0 Å². The summed E-state index contributed by atoms with van der Waals surface area (Å²) in [5, 5.41) is 5.90. The first-order valence-corrected chi connectivity index (χ1v) is 7.99. The van der Waals surface area contributed by atoms with Crippen LogP contribution in [0.2, 0.25) is 0 Å². The Morgan fingerprint density at radius 3 is 2.76 bits per heavy atom. The standard InChI is InChI=1S/C15H23NS/c1-11-7-9-17-15(11)13-6-8-16-10-14(13)12-4-2-3-5-12/h7,9,12-14,16H,2-6,8,10H2,1H3. The van der Waals surface area contributed by atoms with E-state index in [2.05, 4.69) is 23.7 Å². The highest BCUT2D eigenvalue weighted by Gasteiger charge is 2.35. The Labute approximate surface area is 109 Å². The van der Waals surface area contributed by atoms with Gasteiger partial charge in [-0.1, -0.05) is 25.7 Å². The fraction of sp³-hybridized carbons (Fsp3) is 0.733. The van der Waals surface area contributed by atoms with Crippen LogP contribution in [0.25, 0.3) is 0 Å². The largest absolute Gasteiger partial charge is 0.316 e. The lowest BCUT2D eigenvalue weighted by Gasteiger charge is -2.36. The Hall–Kier alpha value is -0.340. The van der Waals surface area contributed by atoms with E-state index in [0.717, 1.165) is 17.8 Å². The lowest BCUT2D eigenvalue weighted by molar-refractivity contribution is 0.233. The lowest BCUT2D eigenvalue weighted by Crippen LogP contribution is -2.38. The Morgan fingerprint density at radius 2 is 2.06 bits per heavy atom. The molecule has 1 nitrogen and oxygen atoms in total. The Morgan fingerprint density at radius 1 is 1.24 bits per heavy atom. The predicted molar refractivity (Wildman–Crippen MR) is 74.7 cm³/mol. The van der Waals surface area contributed by atoms with Crippen LogP contribution < -0.4 is 5.32 Å². The van der Waals surface area contributed by atoms with Crippen molar-refractivity contribution < 1.29 is 0 Å². The second-order valence-corrected chi connectivity index (χ2v) is 6.72. The van der Waals surface area contributed by atoms with Gasteiger partial charge in [-0.15, -0.1) is 11.3 Å². The smallest absolute Gasteiger partial charge is 0.0109 e. The quantitative estimate of drug-likeness (QED) is 0.837. The van der Waals surface area contributed by atoms with Crippen LogP contribution in [0.15, 0.2) is 11.4 Å². The van der Waals surface area contributed by atoms with Crippen LogP contribution in [-0.2, 0) is 0 Å². The van der Waals surface area contributed by atoms with Crippen molar-refractivity contribution in [2.75, 3.05) is 13.1 Å². The van der Waals surface area contributed by atoms with Crippen molar-refractivity contribution in [2.45, 2.75) is 44.9 Å². The van der Waals surface area contributed by atoms with E-state index >= 15 is 0 Å². The molecule has 2 aliphatic rings. The normalized spacial score (nSPS) is 30.9. The summed E-state index contributed by atoms with van der Waals surface area (Å²) >= 11 is 1.99. The third-order valence-corrected chi connectivity index (χ3v) is 5.92. The van der Waals surface area contributed by atoms with Crippen molar-refractivity contribution in [2.24, 2.45) is 11.8 Å². The highest BCUT2D eigenvalue weighted by atomic mass is 32.1. The van der Waals surface area contributed by atoms with Gasteiger partial charge in [-0.25, -0.2) is 0 Å². The van der Waals surface area contributed by atoms with Gasteiger partial charge in [-0.3, -0.25) is 0 Å². The summed E-state index contributed by atoms with van der Waals surface area (Å²) in [5.41, 5.74) is 1.53. The maximum absolute atomic E-state index is 3.63. The second-order valence-electron chi connectivity index (χ2n) is 5.78. The molecule has 0 amide bonds. The number of nitrogens with one attached hydrogen (secondary N) is 1. The fourth-order valence-corrected chi connectivity index (χ4v) is 4.99. The molecule has 0 bridgehead atoms. The monoisotopic (exact) mass is 249 g/mol. The molecule has 1 aromatic heterocycles. The molecule has 2 atom stereocenters. The van der Waals surface area contributed by atoms with Crippen LogP contribution in [0.1, 0.15) is 48.5 Å². The third kappa shape index (κ3) is 2.30. The van der Waals surface area contributed by atoms with E-state index in [4.69, 9.17) is 0 Å². The fourth-order valence-electron chi connectivity index (χ4n) is 3.85. The minimum atomic E-state index is 0.847. The van der Waals surface area contributed by atoms with E-state index in [1.165, 1.54) is 50.8 Å². The molecule has 1 saturated carbocycles. The summed E-state index contributed by atoms with van der Waals surface area (Å²) in [6.45, 7) is 4.76. The predicted octanol–water partition coefficient (Wildman–Crippen LogP) is 3.94. The first-order chi connectivity index (χ1) is 8.36. The number of aryl methyl sites for hydroxylation is 1. The van der Waals surface area contributed by atoms with Gasteiger partial charge in [0, 0.05) is 4.88 Å². The summed E-state index contributed by atoms with van der Waals surface area (Å²) < 4.78 is 0. The molecular formula is C15H23NS. The number of thiophene rings is 1. The zero-order valence-corrected chi connectivity index (χ0v) is 11.6. The maximum Gasteiger partial charge on any atom is 0.0109 e. The minimum Gasteiger partial charge on any atom is -0.316 e. The minimum absolute atomic E-state index is 0.847. The SMILES string of the molecule is Cc1ccsc1C1CCNCC1C1CCCC1. The van der Waals surface area contributed by atoms with Gasteiger partial charge in [-0.05, 0) is 61.2 Å². The topological polar surface area (TPSA) is 12.0 Å². The van der Waals surface area contributed by atoms with Gasteiger partial charge in [0.25, 0.3) is 0 Å². The van der Waals surface area contributed by atoms with Gasteiger partial charge in [0.1, 0.15) is 0 Å². The molecule has 2 heterocycles. The summed E-state index contributed by atoms with van der Waals surface area (Å²) in [4.78, 5) is 1.68. The van der Waals surface area contributed by atoms with Crippen molar-refractivity contribution in [3.05, 3.63) is 21.9 Å². The summed E-state index contributed by atoms with van der Waals surface area (Å²) in [7, 11) is 0. The van der Waals surface area contributed by atoms with Crippen LogP contribution in [0.3, 0.4) is 0 Å². The molecule has 94 valence electrons. The van der Waals surface area contributed by atoms with Crippen molar-refractivity contribution in [3.63, 3.8) is 0 Å². The van der Waals surface area contributed by atoms with Crippen LogP contribution in [-0.4, -0.2) is 13.1 Å². The second kappa shape index (κ2) is 5.11. The highest BCUT2D eigenvalue weighted by molar-refractivity contribution is 7.10. The number of piperidine rings is 1. The van der Waals surface area contributed by atoms with Gasteiger partial charge in [0.15, 0.2) is 0 Å². The molecule has 1 aliphatic heterocycles. The molecule has 3 rings (SSSR count). The first kappa shape index (κ1) is 11.7. The van der Waals surface area contributed by atoms with E-state index in [1.54, 1.807) is 4.88 Å². The zero-order chi connectivity index (χ0) is 11.7. The van der Waals surface area contributed by atoms with Gasteiger partial charge >= 0.3 is 0 Å². The Balaban J connectivity index is 1.82. The van der Waals surface area contributed by atoms with E-state index in [1.807, 2.05) is 11.3 Å². The number of rotatable bonds is 2. The molecule has 1 aliphatic carbocycles. The molecule has 2 unspecified atom stereocenters. The average molecular weight is 249 g/mol. The molecular weight excluding hydrogens is 226 g/mol. The van der Waals surface area contributed by atoms with Crippen molar-refractivity contribution in [1.82, 2.24) is 5.32 Å². The lowest BCUT2D eigenvalue weighted by atomic mass is 9.75. The molecule has 17 heavy (non-hydrogen) atoms. The van der Waals surface area contributed by atoms with Crippen molar-refractivity contribution in [3.8, 4) is 0 Å². The van der Waals surface area contributed by atoms with Crippen LogP contribution >= 0.6 is 11.3 Å². The van der Waals surface area contributed by atoms with Crippen LogP contribution in [0.5, 0.6) is 0 Å². The summed E-state index contributed by atoms with van der Waals surface area (Å²) in [6.07, 6.45) is 7.25. The molecule has 2 fully saturated rings. The molecule has 0 aromatic carbocycles. The molecule has 2 heteroatoms. The third-order valence-electron chi connectivity index (χ3n) is 4.77. The van der Waals surface area contributed by atoms with E-state index in [9.17, 15) is 0 Å². The Kier molecular flexibility index (Phi) is 3.53. The Bertz CT molecular complexity index is 365. The molecule has 0 radical (unpaired) electrons. The van der Waals surface area contributed by atoms with Gasteiger partial charge in [0.05, 0.1) is 0 Å². The van der Waals surface area contributed by atoms with Crippen LogP contribution in [0, 0.1) is 18.8 Å². The van der Waals surface area contributed by atoms with Crippen LogP contribution in [0.4, 0.5) is 0 Å². The molecule has 1 saturated heterocycles. The molecule has 1 N–H and O–H groups in total. The van der Waals surface area contributed by atoms with Gasteiger partial charge in [0.2, 0.25) is 0 Å². The number of hydrogen-bond acceptors (Lipinski definition) is 2. The van der Waals surface area contributed by atoms with Gasteiger partial charge < -0.3 is 5.32 Å². The van der Waals surface area contributed by atoms with E-state index in [0.29, 0.717) is 0 Å². The highest BCUT2D eigenvalue weighted by Crippen LogP contribution is 2.44. The summed E-state index contributed by atoms with van der Waals surface area (Å²) in [6, 6.07) is 2.30. The average Bonchev–Trinajstić information content (AvgIpc) is 3.00. The zero-order valence-electron chi connectivity index (χ0n) is 10.7. The summed E-state index contributed by atoms with van der Waals surface area (Å²) in [5.74, 6) is 2.75. The van der Waals surface area contributed by atoms with Gasteiger partial charge in [-0.2, -0.15) is 0 Å². The van der Waals surface area contributed by atoms with Crippen molar-refractivity contribution in [1.29, 1.82) is 0 Å². The maximum atomic E-state index is 3.63. The number of hydrogen-bond donors (Lipinski definition) is 1. The first-order valence-electron chi connectivity index (χ1n) is 7.11. The molecule has 0 spiro atoms. The van der Waals surface area contributed by atoms with E-state index in [-0.39, 0.29) is 0 Å².